The summed E-state index contributed by atoms with van der Waals surface area (Å²) in [5.74, 6) is 0.359. The lowest BCUT2D eigenvalue weighted by atomic mass is 9.87. The number of rotatable bonds is 3. The van der Waals surface area contributed by atoms with E-state index >= 15 is 0 Å². The minimum Gasteiger partial charge on any atom is -0.508 e. The molecule has 2 aromatic rings. The van der Waals surface area contributed by atoms with Gasteiger partial charge in [-0.15, -0.1) is 0 Å². The lowest BCUT2D eigenvalue weighted by molar-refractivity contribution is 0.413. The van der Waals surface area contributed by atoms with Crippen molar-refractivity contribution in [2.75, 3.05) is 0 Å². The molecule has 3 rings (SSSR count). The van der Waals surface area contributed by atoms with Crippen LogP contribution < -0.4 is 5.32 Å². The van der Waals surface area contributed by atoms with Gasteiger partial charge in [-0.25, -0.2) is 0 Å². The van der Waals surface area contributed by atoms with Gasteiger partial charge in [0.15, 0.2) is 0 Å². The molecule has 0 heterocycles. The van der Waals surface area contributed by atoms with Gasteiger partial charge >= 0.3 is 0 Å². The van der Waals surface area contributed by atoms with Crippen LogP contribution in [0.2, 0.25) is 5.02 Å². The number of nitrogens with one attached hydrogen (secondary N) is 1. The van der Waals surface area contributed by atoms with Crippen LogP contribution in [-0.2, 0) is 6.42 Å². The van der Waals surface area contributed by atoms with Gasteiger partial charge in [0.05, 0.1) is 0 Å². The highest BCUT2D eigenvalue weighted by Gasteiger charge is 2.22. The lowest BCUT2D eigenvalue weighted by Crippen LogP contribution is -2.27. The molecule has 2 aromatic carbocycles. The smallest absolute Gasteiger partial charge is 0.115 e. The molecule has 2 N–H and O–H groups in total. The summed E-state index contributed by atoms with van der Waals surface area (Å²) in [6.45, 7) is 2.17. The zero-order valence-electron chi connectivity index (χ0n) is 12.1. The van der Waals surface area contributed by atoms with Crippen LogP contribution in [0.15, 0.2) is 42.5 Å². The molecule has 0 spiro atoms. The monoisotopic (exact) mass is 301 g/mol. The first-order valence-corrected chi connectivity index (χ1v) is 7.84. The molecule has 0 aliphatic heterocycles. The van der Waals surface area contributed by atoms with E-state index in [2.05, 4.69) is 18.3 Å². The van der Waals surface area contributed by atoms with Crippen LogP contribution in [0.5, 0.6) is 5.75 Å². The van der Waals surface area contributed by atoms with Gasteiger partial charge in [0.25, 0.3) is 0 Å². The maximum atomic E-state index is 9.63. The van der Waals surface area contributed by atoms with Gasteiger partial charge in [-0.1, -0.05) is 29.8 Å². The van der Waals surface area contributed by atoms with Gasteiger partial charge in [-0.3, -0.25) is 0 Å². The van der Waals surface area contributed by atoms with Crippen molar-refractivity contribution in [3.05, 3.63) is 64.2 Å². The van der Waals surface area contributed by atoms with E-state index in [0.29, 0.717) is 11.8 Å². The number of fused-ring (bicyclic) bond motifs is 1. The summed E-state index contributed by atoms with van der Waals surface area (Å²) >= 11 is 6.07. The van der Waals surface area contributed by atoms with E-state index in [9.17, 15) is 5.11 Å². The maximum absolute atomic E-state index is 9.63. The third-order valence-electron chi connectivity index (χ3n) is 4.24. The first-order chi connectivity index (χ1) is 10.1. The van der Waals surface area contributed by atoms with Crippen LogP contribution in [0.3, 0.4) is 0 Å². The predicted molar refractivity (Wildman–Crippen MR) is 86.8 cm³/mol. The van der Waals surface area contributed by atoms with Gasteiger partial charge in [0.1, 0.15) is 5.75 Å². The number of halogens is 1. The fraction of sp³-hybridized carbons (Fsp3) is 0.333. The molecule has 0 amide bonds. The molecular formula is C18H20ClNO. The molecule has 1 unspecified atom stereocenters. The second-order valence-corrected chi connectivity index (χ2v) is 6.21. The summed E-state index contributed by atoms with van der Waals surface area (Å²) in [7, 11) is 0. The number of phenols is 1. The molecule has 0 fully saturated rings. The van der Waals surface area contributed by atoms with Crippen molar-refractivity contribution < 1.29 is 5.11 Å². The van der Waals surface area contributed by atoms with Crippen molar-refractivity contribution >= 4 is 11.6 Å². The van der Waals surface area contributed by atoms with Gasteiger partial charge in [0.2, 0.25) is 0 Å². The highest BCUT2D eigenvalue weighted by atomic mass is 35.5. The number of hydrogen-bond donors (Lipinski definition) is 2. The Morgan fingerprint density at radius 1 is 1.24 bits per heavy atom. The van der Waals surface area contributed by atoms with E-state index in [1.54, 1.807) is 6.07 Å². The topological polar surface area (TPSA) is 32.3 Å². The van der Waals surface area contributed by atoms with Crippen LogP contribution in [0.25, 0.3) is 0 Å². The Kier molecular flexibility index (Phi) is 4.18. The third-order valence-corrected chi connectivity index (χ3v) is 4.48. The SMILES string of the molecule is C[C@@H](NC1CCCc2cc(O)ccc21)c1cccc(Cl)c1. The molecule has 0 bridgehead atoms. The van der Waals surface area contributed by atoms with Crippen LogP contribution in [-0.4, -0.2) is 5.11 Å². The molecule has 21 heavy (non-hydrogen) atoms. The van der Waals surface area contributed by atoms with Gasteiger partial charge < -0.3 is 10.4 Å². The van der Waals surface area contributed by atoms with Crippen LogP contribution in [0, 0.1) is 0 Å². The lowest BCUT2D eigenvalue weighted by Gasteiger charge is -2.29. The molecular weight excluding hydrogens is 282 g/mol. The standard InChI is InChI=1S/C18H20ClNO/c1-12(13-4-2-6-15(19)10-13)20-18-7-3-5-14-11-16(21)8-9-17(14)18/h2,4,6,8-12,18,20-21H,3,5,7H2,1H3/t12-,18?/m1/s1. The van der Waals surface area contributed by atoms with E-state index in [4.69, 9.17) is 11.6 Å². The Labute approximate surface area is 130 Å². The molecule has 2 nitrogen and oxygen atoms in total. The first kappa shape index (κ1) is 14.4. The molecule has 0 radical (unpaired) electrons. The van der Waals surface area contributed by atoms with Gasteiger partial charge in [0, 0.05) is 17.1 Å². The van der Waals surface area contributed by atoms with E-state index < -0.39 is 0 Å². The quantitative estimate of drug-likeness (QED) is 0.855. The summed E-state index contributed by atoms with van der Waals surface area (Å²) < 4.78 is 0. The van der Waals surface area contributed by atoms with Crippen LogP contribution >= 0.6 is 11.6 Å². The molecule has 0 saturated carbocycles. The predicted octanol–water partition coefficient (Wildman–Crippen LogP) is 4.77. The molecule has 110 valence electrons. The molecule has 2 atom stereocenters. The van der Waals surface area contributed by atoms with E-state index in [-0.39, 0.29) is 6.04 Å². The number of phenolic OH excluding ortho intramolecular Hbond substituents is 1. The molecule has 0 aromatic heterocycles. The first-order valence-electron chi connectivity index (χ1n) is 7.47. The summed E-state index contributed by atoms with van der Waals surface area (Å²) in [4.78, 5) is 0. The van der Waals surface area contributed by atoms with Crippen molar-refractivity contribution in [2.45, 2.75) is 38.3 Å². The normalized spacial score (nSPS) is 19.0. The third kappa shape index (κ3) is 3.22. The van der Waals surface area contributed by atoms with Crippen LogP contribution in [0.4, 0.5) is 0 Å². The van der Waals surface area contributed by atoms with Crippen molar-refractivity contribution in [1.82, 2.24) is 5.32 Å². The van der Waals surface area contributed by atoms with Crippen molar-refractivity contribution in [3.8, 4) is 5.75 Å². The van der Waals surface area contributed by atoms with E-state index in [1.807, 2.05) is 30.3 Å². The Morgan fingerprint density at radius 2 is 2.10 bits per heavy atom. The van der Waals surface area contributed by atoms with Crippen molar-refractivity contribution in [3.63, 3.8) is 0 Å². The average molecular weight is 302 g/mol. The minimum atomic E-state index is 0.244. The molecule has 0 saturated heterocycles. The average Bonchev–Trinajstić information content (AvgIpc) is 2.47. The molecule has 1 aliphatic carbocycles. The van der Waals surface area contributed by atoms with Crippen molar-refractivity contribution in [2.24, 2.45) is 0 Å². The Balaban J connectivity index is 1.80. The number of aryl methyl sites for hydroxylation is 1. The second-order valence-electron chi connectivity index (χ2n) is 5.77. The largest absolute Gasteiger partial charge is 0.508 e. The molecule has 1 aliphatic rings. The van der Waals surface area contributed by atoms with Gasteiger partial charge in [-0.2, -0.15) is 0 Å². The highest BCUT2D eigenvalue weighted by molar-refractivity contribution is 6.30. The summed E-state index contributed by atoms with van der Waals surface area (Å²) in [5.41, 5.74) is 3.78. The van der Waals surface area contributed by atoms with Crippen LogP contribution in [0.1, 0.15) is 48.5 Å². The van der Waals surface area contributed by atoms with E-state index in [1.165, 1.54) is 16.7 Å². The highest BCUT2D eigenvalue weighted by Crippen LogP contribution is 2.33. The molecule has 3 heteroatoms. The fourth-order valence-electron chi connectivity index (χ4n) is 3.15. The Morgan fingerprint density at radius 3 is 2.90 bits per heavy atom. The van der Waals surface area contributed by atoms with Crippen molar-refractivity contribution in [1.29, 1.82) is 0 Å². The summed E-state index contributed by atoms with van der Waals surface area (Å²) in [6.07, 6.45) is 3.33. The summed E-state index contributed by atoms with van der Waals surface area (Å²) in [6, 6.07) is 14.3. The second kappa shape index (κ2) is 6.08. The minimum absolute atomic E-state index is 0.244. The van der Waals surface area contributed by atoms with E-state index in [0.717, 1.165) is 24.3 Å². The zero-order chi connectivity index (χ0) is 14.8. The maximum Gasteiger partial charge on any atom is 0.115 e. The van der Waals surface area contributed by atoms with Gasteiger partial charge in [-0.05, 0) is 67.1 Å². The number of benzene rings is 2. The number of hydrogen-bond acceptors (Lipinski definition) is 2. The zero-order valence-corrected chi connectivity index (χ0v) is 12.9. The Bertz CT molecular complexity index is 641. The Hall–Kier alpha value is -1.51. The fourth-order valence-corrected chi connectivity index (χ4v) is 3.35. The summed E-state index contributed by atoms with van der Waals surface area (Å²) in [5, 5.41) is 14.1. The number of aromatic hydroxyl groups is 1.